The van der Waals surface area contributed by atoms with E-state index >= 15 is 0 Å². The molecule has 0 saturated carbocycles. The van der Waals surface area contributed by atoms with Gasteiger partial charge in [0, 0.05) is 42.4 Å². The minimum absolute atomic E-state index is 0.0658. The van der Waals surface area contributed by atoms with Crippen molar-refractivity contribution in [2.45, 2.75) is 19.3 Å². The van der Waals surface area contributed by atoms with Crippen LogP contribution in [0.25, 0.3) is 6.08 Å². The van der Waals surface area contributed by atoms with Crippen LogP contribution in [0, 0.1) is 17.1 Å². The predicted octanol–water partition coefficient (Wildman–Crippen LogP) is 4.08. The largest absolute Gasteiger partial charge is 0.507 e. The number of benzene rings is 2. The highest BCUT2D eigenvalue weighted by atomic mass is 19.1. The lowest BCUT2D eigenvalue weighted by molar-refractivity contribution is 0.112. The van der Waals surface area contributed by atoms with Crippen molar-refractivity contribution in [3.63, 3.8) is 0 Å². The summed E-state index contributed by atoms with van der Waals surface area (Å²) in [6.45, 7) is 3.20. The number of phenolic OH excluding ortho intramolecular Hbond substituents is 1. The number of likely N-dealkylation sites (tertiary alicyclic amines) is 1. The quantitative estimate of drug-likeness (QED) is 0.295. The number of nitrogens with one attached hydrogen (secondary N) is 2. The number of nitrogens with zero attached hydrogens (tertiary/aromatic N) is 1. The minimum atomic E-state index is -0.500. The van der Waals surface area contributed by atoms with Gasteiger partial charge in [0.05, 0.1) is 6.61 Å². The van der Waals surface area contributed by atoms with E-state index in [-0.39, 0.29) is 11.7 Å². The summed E-state index contributed by atoms with van der Waals surface area (Å²) in [5.74, 6) is 0.0783. The van der Waals surface area contributed by atoms with Gasteiger partial charge in [0.1, 0.15) is 17.3 Å². The molecule has 0 unspecified atom stereocenters. The van der Waals surface area contributed by atoms with Crippen LogP contribution in [0.5, 0.6) is 11.5 Å². The van der Waals surface area contributed by atoms with Crippen molar-refractivity contribution in [3.05, 3.63) is 65.1 Å². The molecule has 6 nitrogen and oxygen atoms in total. The van der Waals surface area contributed by atoms with Gasteiger partial charge in [-0.2, -0.15) is 0 Å². The van der Waals surface area contributed by atoms with Crippen molar-refractivity contribution in [1.29, 1.82) is 5.41 Å². The van der Waals surface area contributed by atoms with Crippen LogP contribution in [0.4, 0.5) is 4.39 Å². The third-order valence-corrected chi connectivity index (χ3v) is 5.75. The maximum absolute atomic E-state index is 13.2. The number of rotatable bonds is 10. The van der Waals surface area contributed by atoms with Gasteiger partial charge in [-0.15, -0.1) is 0 Å². The van der Waals surface area contributed by atoms with Crippen LogP contribution in [-0.4, -0.2) is 55.3 Å². The lowest BCUT2D eigenvalue weighted by atomic mass is 9.88. The lowest BCUT2D eigenvalue weighted by Gasteiger charge is -2.32. The highest BCUT2D eigenvalue weighted by Gasteiger charge is 2.24. The molecule has 1 aliphatic rings. The smallest absolute Gasteiger partial charge is 0.150 e. The topological polar surface area (TPSA) is 85.7 Å². The molecule has 32 heavy (non-hydrogen) atoms. The number of aromatic hydroxyl groups is 1. The van der Waals surface area contributed by atoms with E-state index in [2.05, 4.69) is 10.2 Å². The number of hydrogen-bond donors (Lipinski definition) is 3. The van der Waals surface area contributed by atoms with Gasteiger partial charge >= 0.3 is 0 Å². The lowest BCUT2D eigenvalue weighted by Crippen LogP contribution is -2.37. The Bertz CT molecular complexity index is 969. The summed E-state index contributed by atoms with van der Waals surface area (Å²) in [5, 5.41) is 21.2. The molecule has 1 heterocycles. The summed E-state index contributed by atoms with van der Waals surface area (Å²) in [7, 11) is 1.80. The fourth-order valence-corrected chi connectivity index (χ4v) is 3.95. The second-order valence-electron chi connectivity index (χ2n) is 7.92. The zero-order valence-corrected chi connectivity index (χ0v) is 18.3. The highest BCUT2D eigenvalue weighted by Crippen LogP contribution is 2.27. The SMILES string of the molecule is CN/C=C\c1ccc(OCCCN2CCC(C(=N)c3ccc(F)cc3O)CC2)cc1C=O. The number of carbonyl (C=O) groups is 1. The van der Waals surface area contributed by atoms with Crippen LogP contribution >= 0.6 is 0 Å². The van der Waals surface area contributed by atoms with Gasteiger partial charge in [-0.1, -0.05) is 6.07 Å². The number of phenols is 1. The maximum atomic E-state index is 13.2. The predicted molar refractivity (Wildman–Crippen MR) is 124 cm³/mol. The van der Waals surface area contributed by atoms with E-state index < -0.39 is 5.82 Å². The molecule has 2 aromatic rings. The van der Waals surface area contributed by atoms with Gasteiger partial charge < -0.3 is 25.5 Å². The summed E-state index contributed by atoms with van der Waals surface area (Å²) in [6, 6.07) is 9.31. The molecule has 0 amide bonds. The number of hydrogen-bond acceptors (Lipinski definition) is 6. The number of halogens is 1. The van der Waals surface area contributed by atoms with Gasteiger partial charge in [-0.25, -0.2) is 4.39 Å². The van der Waals surface area contributed by atoms with Gasteiger partial charge in [0.15, 0.2) is 6.29 Å². The van der Waals surface area contributed by atoms with Crippen LogP contribution in [0.3, 0.4) is 0 Å². The Morgan fingerprint density at radius 2 is 2.03 bits per heavy atom. The minimum Gasteiger partial charge on any atom is -0.507 e. The van der Waals surface area contributed by atoms with Crippen molar-refractivity contribution >= 4 is 18.1 Å². The Morgan fingerprint density at radius 3 is 2.72 bits per heavy atom. The molecule has 7 heteroatoms. The van der Waals surface area contributed by atoms with Crippen LogP contribution in [-0.2, 0) is 0 Å². The zero-order chi connectivity index (χ0) is 22.9. The first-order chi connectivity index (χ1) is 15.5. The fraction of sp³-hybridized carbons (Fsp3) is 0.360. The van der Waals surface area contributed by atoms with Crippen LogP contribution in [0.15, 0.2) is 42.6 Å². The average Bonchev–Trinajstić information content (AvgIpc) is 2.80. The zero-order valence-electron chi connectivity index (χ0n) is 18.3. The first kappa shape index (κ1) is 23.5. The van der Waals surface area contributed by atoms with Crippen molar-refractivity contribution in [2.24, 2.45) is 5.92 Å². The third kappa shape index (κ3) is 6.17. The van der Waals surface area contributed by atoms with Gasteiger partial charge in [-0.05, 0) is 74.5 Å². The Balaban J connectivity index is 1.41. The average molecular weight is 440 g/mol. The standard InChI is InChI=1S/C25H30FN3O3/c1-28-10-7-18-3-5-22(15-20(18)17-30)32-14-2-11-29-12-8-19(9-13-29)25(27)23-6-4-21(26)16-24(23)31/h3-7,10,15-17,19,27-28,31H,2,8-9,11-14H2,1H3/b10-7-,27-25?. The molecule has 0 aliphatic carbocycles. The molecular formula is C25H30FN3O3. The second kappa shape index (κ2) is 11.4. The van der Waals surface area contributed by atoms with Gasteiger partial charge in [0.2, 0.25) is 0 Å². The molecule has 170 valence electrons. The Labute approximate surface area is 188 Å². The molecule has 3 N–H and O–H groups in total. The Kier molecular flexibility index (Phi) is 8.39. The monoisotopic (exact) mass is 439 g/mol. The number of ether oxygens (including phenoxy) is 1. The first-order valence-electron chi connectivity index (χ1n) is 10.9. The van der Waals surface area contributed by atoms with Crippen LogP contribution < -0.4 is 10.1 Å². The number of piperidine rings is 1. The summed E-state index contributed by atoms with van der Waals surface area (Å²) < 4.78 is 19.0. The summed E-state index contributed by atoms with van der Waals surface area (Å²) in [5.41, 5.74) is 2.22. The number of aldehydes is 1. The molecule has 2 aromatic carbocycles. The van der Waals surface area contributed by atoms with Crippen molar-refractivity contribution in [1.82, 2.24) is 10.2 Å². The molecule has 1 aliphatic heterocycles. The maximum Gasteiger partial charge on any atom is 0.150 e. The van der Waals surface area contributed by atoms with E-state index in [1.165, 1.54) is 12.1 Å². The summed E-state index contributed by atoms with van der Waals surface area (Å²) in [6.07, 6.45) is 6.97. The molecule has 0 atom stereocenters. The van der Waals surface area contributed by atoms with Crippen LogP contribution in [0.2, 0.25) is 0 Å². The molecule has 0 spiro atoms. The molecule has 0 aromatic heterocycles. The molecule has 0 bridgehead atoms. The normalized spacial score (nSPS) is 15.1. The van der Waals surface area contributed by atoms with Crippen LogP contribution in [0.1, 0.15) is 40.7 Å². The van der Waals surface area contributed by atoms with Crippen molar-refractivity contribution < 1.29 is 19.0 Å². The second-order valence-corrected chi connectivity index (χ2v) is 7.92. The van der Waals surface area contributed by atoms with E-state index in [9.17, 15) is 14.3 Å². The van der Waals surface area contributed by atoms with E-state index in [0.717, 1.165) is 56.8 Å². The molecule has 1 saturated heterocycles. The highest BCUT2D eigenvalue weighted by molar-refractivity contribution is 6.02. The van der Waals surface area contributed by atoms with E-state index in [1.807, 2.05) is 18.2 Å². The number of carbonyl (C=O) groups excluding carboxylic acids is 1. The van der Waals surface area contributed by atoms with Gasteiger partial charge in [-0.3, -0.25) is 4.79 Å². The summed E-state index contributed by atoms with van der Waals surface area (Å²) in [4.78, 5) is 13.7. The van der Waals surface area contributed by atoms with E-state index in [4.69, 9.17) is 10.1 Å². The molecular weight excluding hydrogens is 409 g/mol. The Morgan fingerprint density at radius 1 is 1.25 bits per heavy atom. The molecule has 1 fully saturated rings. The fourth-order valence-electron chi connectivity index (χ4n) is 3.95. The van der Waals surface area contributed by atoms with E-state index in [1.54, 1.807) is 19.3 Å². The Hall–Kier alpha value is -3.19. The first-order valence-corrected chi connectivity index (χ1v) is 10.9. The van der Waals surface area contributed by atoms with E-state index in [0.29, 0.717) is 29.2 Å². The van der Waals surface area contributed by atoms with Crippen molar-refractivity contribution in [2.75, 3.05) is 33.3 Å². The molecule has 3 rings (SSSR count). The third-order valence-electron chi connectivity index (χ3n) is 5.75. The summed E-state index contributed by atoms with van der Waals surface area (Å²) >= 11 is 0. The van der Waals surface area contributed by atoms with Gasteiger partial charge in [0.25, 0.3) is 0 Å². The molecule has 0 radical (unpaired) electrons. The van der Waals surface area contributed by atoms with Crippen molar-refractivity contribution in [3.8, 4) is 11.5 Å².